The van der Waals surface area contributed by atoms with Crippen LogP contribution in [0.3, 0.4) is 0 Å². The van der Waals surface area contributed by atoms with E-state index in [4.69, 9.17) is 11.6 Å². The molecule has 4 nitrogen and oxygen atoms in total. The molecular formula is C11H15ClN4S. The Kier molecular flexibility index (Phi) is 4.15. The van der Waals surface area contributed by atoms with Gasteiger partial charge in [0.2, 0.25) is 0 Å². The Morgan fingerprint density at radius 2 is 2.41 bits per heavy atom. The number of nitrogens with one attached hydrogen (secondary N) is 1. The monoisotopic (exact) mass is 270 g/mol. The second kappa shape index (κ2) is 5.62. The first-order chi connectivity index (χ1) is 8.24. The van der Waals surface area contributed by atoms with Crippen molar-refractivity contribution in [1.29, 1.82) is 0 Å². The fourth-order valence-electron chi connectivity index (χ4n) is 1.74. The van der Waals surface area contributed by atoms with E-state index in [0.717, 1.165) is 24.4 Å². The van der Waals surface area contributed by atoms with Gasteiger partial charge in [0.1, 0.15) is 0 Å². The molecule has 2 heterocycles. The Hall–Kier alpha value is -0.910. The molecule has 0 aliphatic rings. The van der Waals surface area contributed by atoms with Crippen LogP contribution >= 0.6 is 22.9 Å². The van der Waals surface area contributed by atoms with Crippen molar-refractivity contribution in [3.63, 3.8) is 0 Å². The molecule has 17 heavy (non-hydrogen) atoms. The molecule has 0 aliphatic carbocycles. The first kappa shape index (κ1) is 12.5. The molecule has 0 saturated heterocycles. The smallest absolute Gasteiger partial charge is 0.0945 e. The van der Waals surface area contributed by atoms with Gasteiger partial charge in [-0.05, 0) is 13.0 Å². The van der Waals surface area contributed by atoms with Gasteiger partial charge >= 0.3 is 0 Å². The minimum atomic E-state index is 0.0150. The summed E-state index contributed by atoms with van der Waals surface area (Å²) in [6.45, 7) is 3.06. The number of rotatable bonds is 5. The third kappa shape index (κ3) is 2.68. The van der Waals surface area contributed by atoms with Crippen molar-refractivity contribution in [3.05, 3.63) is 33.5 Å². The lowest BCUT2D eigenvalue weighted by Crippen LogP contribution is -2.25. The molecule has 2 aromatic heterocycles. The average Bonchev–Trinajstić information content (AvgIpc) is 2.93. The highest BCUT2D eigenvalue weighted by Crippen LogP contribution is 2.27. The summed E-state index contributed by atoms with van der Waals surface area (Å²) < 4.78 is 1.80. The highest BCUT2D eigenvalue weighted by Gasteiger charge is 2.21. The van der Waals surface area contributed by atoms with Crippen LogP contribution in [0.1, 0.15) is 30.8 Å². The minimum Gasteiger partial charge on any atom is -0.304 e. The van der Waals surface area contributed by atoms with Crippen LogP contribution in [-0.2, 0) is 7.05 Å². The Morgan fingerprint density at radius 3 is 2.94 bits per heavy atom. The van der Waals surface area contributed by atoms with E-state index in [1.807, 2.05) is 17.9 Å². The van der Waals surface area contributed by atoms with E-state index >= 15 is 0 Å². The molecule has 1 N–H and O–H groups in total. The molecule has 0 fully saturated rings. The maximum absolute atomic E-state index is 6.19. The van der Waals surface area contributed by atoms with Gasteiger partial charge in [0.05, 0.1) is 34.2 Å². The van der Waals surface area contributed by atoms with Crippen LogP contribution in [0.25, 0.3) is 0 Å². The van der Waals surface area contributed by atoms with E-state index in [2.05, 4.69) is 22.3 Å². The van der Waals surface area contributed by atoms with Gasteiger partial charge in [-0.25, -0.2) is 4.98 Å². The summed E-state index contributed by atoms with van der Waals surface area (Å²) in [7, 11) is 1.90. The summed E-state index contributed by atoms with van der Waals surface area (Å²) in [5.41, 5.74) is 3.79. The lowest BCUT2D eigenvalue weighted by atomic mass is 10.1. The molecule has 0 saturated carbocycles. The zero-order valence-electron chi connectivity index (χ0n) is 9.85. The van der Waals surface area contributed by atoms with Crippen molar-refractivity contribution in [2.24, 2.45) is 7.05 Å². The van der Waals surface area contributed by atoms with E-state index < -0.39 is 0 Å². The largest absolute Gasteiger partial charge is 0.304 e. The zero-order chi connectivity index (χ0) is 12.3. The van der Waals surface area contributed by atoms with Crippen molar-refractivity contribution in [2.45, 2.75) is 19.4 Å². The standard InChI is InChI=1S/C11H15ClN4S/c1-3-4-13-10(9-6-17-7-14-9)11-8(12)5-15-16(11)2/h5-7,10,13H,3-4H2,1-2H3. The van der Waals surface area contributed by atoms with E-state index in [1.54, 1.807) is 22.2 Å². The predicted octanol–water partition coefficient (Wildman–Crippen LogP) is 2.62. The maximum Gasteiger partial charge on any atom is 0.0945 e. The highest BCUT2D eigenvalue weighted by atomic mass is 35.5. The van der Waals surface area contributed by atoms with Crippen molar-refractivity contribution >= 4 is 22.9 Å². The van der Waals surface area contributed by atoms with Crippen LogP contribution in [0.5, 0.6) is 0 Å². The topological polar surface area (TPSA) is 42.7 Å². The third-order valence-corrected chi connectivity index (χ3v) is 3.45. The van der Waals surface area contributed by atoms with Gasteiger partial charge in [0.25, 0.3) is 0 Å². The van der Waals surface area contributed by atoms with Gasteiger partial charge in [-0.1, -0.05) is 18.5 Å². The third-order valence-electron chi connectivity index (χ3n) is 2.56. The zero-order valence-corrected chi connectivity index (χ0v) is 11.4. The molecule has 0 radical (unpaired) electrons. The van der Waals surface area contributed by atoms with E-state index in [9.17, 15) is 0 Å². The van der Waals surface area contributed by atoms with Crippen molar-refractivity contribution in [3.8, 4) is 0 Å². The molecule has 0 bridgehead atoms. The summed E-state index contributed by atoms with van der Waals surface area (Å²) in [6.07, 6.45) is 2.74. The van der Waals surface area contributed by atoms with Crippen LogP contribution in [-0.4, -0.2) is 21.3 Å². The summed E-state index contributed by atoms with van der Waals surface area (Å²) >= 11 is 7.77. The lowest BCUT2D eigenvalue weighted by molar-refractivity contribution is 0.546. The Labute approximate surface area is 110 Å². The minimum absolute atomic E-state index is 0.0150. The summed E-state index contributed by atoms with van der Waals surface area (Å²) in [4.78, 5) is 4.36. The van der Waals surface area contributed by atoms with Crippen LogP contribution in [0, 0.1) is 0 Å². The highest BCUT2D eigenvalue weighted by molar-refractivity contribution is 7.07. The molecule has 6 heteroatoms. The Balaban J connectivity index is 2.33. The molecule has 0 spiro atoms. The van der Waals surface area contributed by atoms with Crippen molar-refractivity contribution < 1.29 is 0 Å². The maximum atomic E-state index is 6.19. The van der Waals surface area contributed by atoms with Gasteiger partial charge in [-0.2, -0.15) is 5.10 Å². The second-order valence-corrected chi connectivity index (χ2v) is 4.93. The fraction of sp³-hybridized carbons (Fsp3) is 0.455. The fourth-order valence-corrected chi connectivity index (χ4v) is 2.59. The molecule has 92 valence electrons. The number of thiazole rings is 1. The quantitative estimate of drug-likeness (QED) is 0.908. The van der Waals surface area contributed by atoms with Crippen LogP contribution < -0.4 is 5.32 Å². The van der Waals surface area contributed by atoms with Gasteiger partial charge in [0.15, 0.2) is 0 Å². The molecule has 1 unspecified atom stereocenters. The van der Waals surface area contributed by atoms with E-state index in [1.165, 1.54) is 0 Å². The molecule has 1 atom stereocenters. The number of hydrogen-bond donors (Lipinski definition) is 1. The van der Waals surface area contributed by atoms with Crippen molar-refractivity contribution in [2.75, 3.05) is 6.54 Å². The molecular weight excluding hydrogens is 256 g/mol. The molecule has 2 aromatic rings. The number of nitrogens with zero attached hydrogens (tertiary/aromatic N) is 3. The van der Waals surface area contributed by atoms with E-state index in [-0.39, 0.29) is 6.04 Å². The number of halogens is 1. The summed E-state index contributed by atoms with van der Waals surface area (Å²) in [5, 5.41) is 10.3. The number of hydrogen-bond acceptors (Lipinski definition) is 4. The Morgan fingerprint density at radius 1 is 1.59 bits per heavy atom. The molecule has 2 rings (SSSR count). The number of aryl methyl sites for hydroxylation is 1. The van der Waals surface area contributed by atoms with Gasteiger partial charge in [-0.15, -0.1) is 11.3 Å². The number of aromatic nitrogens is 3. The predicted molar refractivity (Wildman–Crippen MR) is 70.5 cm³/mol. The first-order valence-electron chi connectivity index (χ1n) is 5.53. The second-order valence-electron chi connectivity index (χ2n) is 3.80. The lowest BCUT2D eigenvalue weighted by Gasteiger charge is -2.17. The SMILES string of the molecule is CCCNC(c1cscn1)c1c(Cl)cnn1C. The van der Waals surface area contributed by atoms with Gasteiger partial charge < -0.3 is 5.32 Å². The van der Waals surface area contributed by atoms with Gasteiger partial charge in [0, 0.05) is 12.4 Å². The van der Waals surface area contributed by atoms with Crippen molar-refractivity contribution in [1.82, 2.24) is 20.1 Å². The van der Waals surface area contributed by atoms with Crippen LogP contribution in [0.4, 0.5) is 0 Å². The molecule has 0 aliphatic heterocycles. The van der Waals surface area contributed by atoms with E-state index in [0.29, 0.717) is 5.02 Å². The molecule has 0 aromatic carbocycles. The Bertz CT molecular complexity index is 446. The van der Waals surface area contributed by atoms with Crippen LogP contribution in [0.2, 0.25) is 5.02 Å². The summed E-state index contributed by atoms with van der Waals surface area (Å²) in [6, 6.07) is 0.0150. The van der Waals surface area contributed by atoms with Gasteiger partial charge in [-0.3, -0.25) is 4.68 Å². The average molecular weight is 271 g/mol. The first-order valence-corrected chi connectivity index (χ1v) is 6.85. The normalized spacial score (nSPS) is 12.9. The molecule has 0 amide bonds. The van der Waals surface area contributed by atoms with Crippen LogP contribution in [0.15, 0.2) is 17.1 Å². The summed E-state index contributed by atoms with van der Waals surface area (Å²) in [5.74, 6) is 0.